The zero-order valence-corrected chi connectivity index (χ0v) is 15.1. The van der Waals surface area contributed by atoms with E-state index in [1.54, 1.807) is 11.3 Å². The average molecular weight is 371 g/mol. The van der Waals surface area contributed by atoms with E-state index >= 15 is 0 Å². The molecule has 4 rings (SSSR count). The van der Waals surface area contributed by atoms with Crippen molar-refractivity contribution in [2.45, 2.75) is 37.7 Å². The SMILES string of the molecule is O=C(NNC(=O)[C@@H]1CC=CC[C@H]1c1nc2ccccc2s1)[C@H]1CCCO1. The Hall–Kier alpha value is -2.25. The van der Waals surface area contributed by atoms with E-state index in [4.69, 9.17) is 9.72 Å². The highest BCUT2D eigenvalue weighted by molar-refractivity contribution is 7.18. The van der Waals surface area contributed by atoms with Gasteiger partial charge in [-0.3, -0.25) is 20.4 Å². The van der Waals surface area contributed by atoms with Crippen LogP contribution in [-0.2, 0) is 14.3 Å². The molecule has 0 spiro atoms. The molecule has 1 aromatic heterocycles. The van der Waals surface area contributed by atoms with E-state index in [0.29, 0.717) is 19.4 Å². The Bertz CT molecular complexity index is 808. The van der Waals surface area contributed by atoms with Crippen LogP contribution >= 0.6 is 11.3 Å². The molecule has 0 radical (unpaired) electrons. The number of allylic oxidation sites excluding steroid dienone is 2. The molecule has 136 valence electrons. The molecule has 1 fully saturated rings. The van der Waals surface area contributed by atoms with E-state index in [1.165, 1.54) is 0 Å². The standard InChI is InChI=1S/C19H21N3O3S/c23-17(21-22-18(24)15-9-5-11-25-15)12-6-1-2-7-13(12)19-20-14-8-3-4-10-16(14)26-19/h1-4,8,10,12-13,15H,5-7,9,11H2,(H,21,23)(H,22,24)/t12-,13-,15-/m1/s1. The molecule has 2 aliphatic rings. The second-order valence-electron chi connectivity index (χ2n) is 6.66. The van der Waals surface area contributed by atoms with Crippen molar-refractivity contribution < 1.29 is 14.3 Å². The number of thiazole rings is 1. The molecule has 0 saturated carbocycles. The lowest BCUT2D eigenvalue weighted by atomic mass is 9.83. The Morgan fingerprint density at radius 3 is 2.73 bits per heavy atom. The molecule has 1 aliphatic carbocycles. The number of benzene rings is 1. The number of hydrogen-bond donors (Lipinski definition) is 2. The van der Waals surface area contributed by atoms with Gasteiger partial charge >= 0.3 is 0 Å². The summed E-state index contributed by atoms with van der Waals surface area (Å²) in [6.45, 7) is 0.596. The Balaban J connectivity index is 1.45. The predicted molar refractivity (Wildman–Crippen MR) is 99.5 cm³/mol. The third kappa shape index (κ3) is 3.50. The van der Waals surface area contributed by atoms with E-state index < -0.39 is 6.10 Å². The highest BCUT2D eigenvalue weighted by Crippen LogP contribution is 2.38. The van der Waals surface area contributed by atoms with Crippen LogP contribution in [-0.4, -0.2) is 29.5 Å². The number of aromatic nitrogens is 1. The zero-order chi connectivity index (χ0) is 17.9. The molecule has 7 heteroatoms. The van der Waals surface area contributed by atoms with E-state index in [9.17, 15) is 9.59 Å². The lowest BCUT2D eigenvalue weighted by Crippen LogP contribution is -2.49. The molecule has 0 unspecified atom stereocenters. The lowest BCUT2D eigenvalue weighted by Gasteiger charge is -2.26. The first-order chi connectivity index (χ1) is 12.7. The maximum atomic E-state index is 12.7. The van der Waals surface area contributed by atoms with Crippen LogP contribution in [0.15, 0.2) is 36.4 Å². The van der Waals surface area contributed by atoms with Crippen molar-refractivity contribution in [1.29, 1.82) is 0 Å². The Labute approximate surface area is 155 Å². The Morgan fingerprint density at radius 2 is 1.92 bits per heavy atom. The van der Waals surface area contributed by atoms with Gasteiger partial charge in [-0.05, 0) is 37.8 Å². The van der Waals surface area contributed by atoms with Crippen LogP contribution in [0.1, 0.15) is 36.6 Å². The summed E-state index contributed by atoms with van der Waals surface area (Å²) in [5, 5.41) is 0.973. The normalized spacial score (nSPS) is 25.3. The number of nitrogens with zero attached hydrogens (tertiary/aromatic N) is 1. The summed E-state index contributed by atoms with van der Waals surface area (Å²) in [6.07, 6.45) is 6.66. The van der Waals surface area contributed by atoms with Crippen molar-refractivity contribution in [1.82, 2.24) is 15.8 Å². The molecule has 2 aromatic rings. The fourth-order valence-electron chi connectivity index (χ4n) is 3.51. The van der Waals surface area contributed by atoms with Gasteiger partial charge in [0.05, 0.1) is 21.1 Å². The van der Waals surface area contributed by atoms with E-state index in [-0.39, 0.29) is 23.7 Å². The van der Waals surface area contributed by atoms with Crippen LogP contribution in [0.25, 0.3) is 10.2 Å². The topological polar surface area (TPSA) is 80.3 Å². The van der Waals surface area contributed by atoms with Gasteiger partial charge in [-0.15, -0.1) is 11.3 Å². The second-order valence-corrected chi connectivity index (χ2v) is 7.72. The summed E-state index contributed by atoms with van der Waals surface area (Å²) in [6, 6.07) is 8.00. The molecule has 1 aromatic carbocycles. The second kappa shape index (κ2) is 7.55. The molecule has 1 saturated heterocycles. The highest BCUT2D eigenvalue weighted by atomic mass is 32.1. The van der Waals surface area contributed by atoms with Crippen LogP contribution in [0.4, 0.5) is 0 Å². The lowest BCUT2D eigenvalue weighted by molar-refractivity contribution is -0.136. The Morgan fingerprint density at radius 1 is 1.12 bits per heavy atom. The third-order valence-electron chi connectivity index (χ3n) is 4.93. The van der Waals surface area contributed by atoms with Crippen LogP contribution in [0.5, 0.6) is 0 Å². The number of ether oxygens (including phenoxy) is 1. The van der Waals surface area contributed by atoms with Gasteiger partial charge in [0.1, 0.15) is 6.10 Å². The van der Waals surface area contributed by atoms with Crippen molar-refractivity contribution >= 4 is 33.4 Å². The van der Waals surface area contributed by atoms with Gasteiger partial charge in [-0.1, -0.05) is 24.3 Å². The van der Waals surface area contributed by atoms with E-state index in [1.807, 2.05) is 30.3 Å². The molecular formula is C19H21N3O3S. The van der Waals surface area contributed by atoms with Gasteiger partial charge in [0.2, 0.25) is 5.91 Å². The monoisotopic (exact) mass is 371 g/mol. The minimum Gasteiger partial charge on any atom is -0.368 e. The van der Waals surface area contributed by atoms with Crippen LogP contribution in [0, 0.1) is 5.92 Å². The summed E-state index contributed by atoms with van der Waals surface area (Å²) in [5.41, 5.74) is 6.07. The smallest absolute Gasteiger partial charge is 0.267 e. The summed E-state index contributed by atoms with van der Waals surface area (Å²) < 4.78 is 6.46. The minimum atomic E-state index is -0.457. The number of carbonyl (C=O) groups excluding carboxylic acids is 2. The number of hydrazine groups is 1. The largest absolute Gasteiger partial charge is 0.368 e. The highest BCUT2D eigenvalue weighted by Gasteiger charge is 2.33. The third-order valence-corrected chi connectivity index (χ3v) is 6.10. The first-order valence-electron chi connectivity index (χ1n) is 8.94. The fraction of sp³-hybridized carbons (Fsp3) is 0.421. The predicted octanol–water partition coefficient (Wildman–Crippen LogP) is 2.67. The van der Waals surface area contributed by atoms with Crippen molar-refractivity contribution in [2.75, 3.05) is 6.61 Å². The molecule has 1 aliphatic heterocycles. The molecular weight excluding hydrogens is 350 g/mol. The van der Waals surface area contributed by atoms with Crippen molar-refractivity contribution in [3.63, 3.8) is 0 Å². The summed E-state index contributed by atoms with van der Waals surface area (Å²) in [5.74, 6) is -0.675. The number of rotatable bonds is 3. The van der Waals surface area contributed by atoms with Gasteiger partial charge in [-0.2, -0.15) is 0 Å². The first-order valence-corrected chi connectivity index (χ1v) is 9.76. The average Bonchev–Trinajstić information content (AvgIpc) is 3.35. The molecule has 3 atom stereocenters. The van der Waals surface area contributed by atoms with Gasteiger partial charge in [-0.25, -0.2) is 4.98 Å². The first kappa shape index (κ1) is 17.2. The van der Waals surface area contributed by atoms with Crippen molar-refractivity contribution in [3.05, 3.63) is 41.4 Å². The summed E-state index contributed by atoms with van der Waals surface area (Å²) in [7, 11) is 0. The zero-order valence-electron chi connectivity index (χ0n) is 14.3. The molecule has 2 amide bonds. The number of fused-ring (bicyclic) bond motifs is 1. The maximum absolute atomic E-state index is 12.7. The summed E-state index contributed by atoms with van der Waals surface area (Å²) in [4.78, 5) is 29.4. The minimum absolute atomic E-state index is 0.0250. The molecule has 0 bridgehead atoms. The molecule has 6 nitrogen and oxygen atoms in total. The van der Waals surface area contributed by atoms with Crippen LogP contribution in [0.2, 0.25) is 0 Å². The van der Waals surface area contributed by atoms with Crippen LogP contribution in [0.3, 0.4) is 0 Å². The number of nitrogens with one attached hydrogen (secondary N) is 2. The quantitative estimate of drug-likeness (QED) is 0.642. The molecule has 2 heterocycles. The van der Waals surface area contributed by atoms with E-state index in [2.05, 4.69) is 16.9 Å². The maximum Gasteiger partial charge on any atom is 0.267 e. The van der Waals surface area contributed by atoms with Gasteiger partial charge in [0.25, 0.3) is 5.91 Å². The fourth-order valence-corrected chi connectivity index (χ4v) is 4.65. The summed E-state index contributed by atoms with van der Waals surface area (Å²) >= 11 is 1.64. The van der Waals surface area contributed by atoms with Gasteiger partial charge in [0, 0.05) is 12.5 Å². The van der Waals surface area contributed by atoms with Gasteiger partial charge in [0.15, 0.2) is 0 Å². The number of amides is 2. The van der Waals surface area contributed by atoms with Crippen LogP contribution < -0.4 is 10.9 Å². The van der Waals surface area contributed by atoms with Crippen molar-refractivity contribution in [3.8, 4) is 0 Å². The number of hydrogen-bond acceptors (Lipinski definition) is 5. The van der Waals surface area contributed by atoms with E-state index in [0.717, 1.165) is 28.1 Å². The Kier molecular flexibility index (Phi) is 4.99. The molecule has 2 N–H and O–H groups in total. The number of para-hydroxylation sites is 1. The molecule has 26 heavy (non-hydrogen) atoms. The van der Waals surface area contributed by atoms with Gasteiger partial charge < -0.3 is 4.74 Å². The van der Waals surface area contributed by atoms with Crippen molar-refractivity contribution in [2.24, 2.45) is 5.92 Å². The number of carbonyl (C=O) groups is 2.